The summed E-state index contributed by atoms with van der Waals surface area (Å²) >= 11 is 0. The highest BCUT2D eigenvalue weighted by molar-refractivity contribution is 6.02. The Kier molecular flexibility index (Phi) is 4.41. The van der Waals surface area contributed by atoms with E-state index in [1.54, 1.807) is 25.1 Å². The number of pyridine rings is 1. The number of nitrogens with one attached hydrogen (secondary N) is 1. The number of aromatic nitrogens is 1. The van der Waals surface area contributed by atoms with Gasteiger partial charge in [0.2, 0.25) is 5.91 Å². The lowest BCUT2D eigenvalue weighted by Gasteiger charge is -2.34. The Morgan fingerprint density at radius 1 is 1.28 bits per heavy atom. The fraction of sp³-hybridized carbons (Fsp3) is 0.318. The van der Waals surface area contributed by atoms with Gasteiger partial charge >= 0.3 is 0 Å². The number of nitrogen functional groups attached to an aromatic ring is 1. The van der Waals surface area contributed by atoms with Gasteiger partial charge < -0.3 is 16.0 Å². The molecule has 1 unspecified atom stereocenters. The molecule has 6 nitrogen and oxygen atoms in total. The highest BCUT2D eigenvalue weighted by Gasteiger charge is 2.44. The van der Waals surface area contributed by atoms with Gasteiger partial charge in [0, 0.05) is 22.4 Å². The largest absolute Gasteiger partial charge is 0.383 e. The van der Waals surface area contributed by atoms with E-state index in [4.69, 9.17) is 5.73 Å². The van der Waals surface area contributed by atoms with Crippen molar-refractivity contribution in [1.29, 1.82) is 0 Å². The minimum absolute atomic E-state index is 0.279. The second-order valence-corrected chi connectivity index (χ2v) is 7.76. The average molecular weight is 394 g/mol. The van der Waals surface area contributed by atoms with Crippen LogP contribution in [0.15, 0.2) is 30.5 Å². The molecular weight excluding hydrogens is 371 g/mol. The second-order valence-electron chi connectivity index (χ2n) is 7.76. The zero-order chi connectivity index (χ0) is 21.0. The summed E-state index contributed by atoms with van der Waals surface area (Å²) in [4.78, 5) is 31.2. The standard InChI is InChI=1S/C22H23FN4O2/c1-10-9-16(26-20(24)12(10)3)14-6-7-15-18(19(14)23)13(4)27(22(15)29)17-8-5-11(2)25-21(17)28/h6-7,9,13,17H,2,5,8H2,1,3-4H3,(H2,24,26)(H,25,28)/t13-,17?/m1/s1. The summed E-state index contributed by atoms with van der Waals surface area (Å²) < 4.78 is 15.6. The summed E-state index contributed by atoms with van der Waals surface area (Å²) in [7, 11) is 0. The molecule has 2 atom stereocenters. The van der Waals surface area contributed by atoms with Crippen LogP contribution in [0.4, 0.5) is 10.2 Å². The predicted octanol–water partition coefficient (Wildman–Crippen LogP) is 3.40. The number of halogens is 1. The van der Waals surface area contributed by atoms with Crippen LogP contribution in [0.1, 0.15) is 52.9 Å². The smallest absolute Gasteiger partial charge is 0.255 e. The van der Waals surface area contributed by atoms with Gasteiger partial charge in [0.25, 0.3) is 5.91 Å². The maximum absolute atomic E-state index is 15.6. The Labute approximate surface area is 168 Å². The van der Waals surface area contributed by atoms with Crippen molar-refractivity contribution in [2.75, 3.05) is 5.73 Å². The van der Waals surface area contributed by atoms with E-state index in [9.17, 15) is 9.59 Å². The van der Waals surface area contributed by atoms with Gasteiger partial charge in [-0.05, 0) is 62.9 Å². The van der Waals surface area contributed by atoms with E-state index in [1.165, 1.54) is 4.90 Å². The second kappa shape index (κ2) is 6.69. The monoisotopic (exact) mass is 394 g/mol. The third-order valence-corrected chi connectivity index (χ3v) is 5.98. The lowest BCUT2D eigenvalue weighted by atomic mass is 9.97. The number of anilines is 1. The van der Waals surface area contributed by atoms with Crippen LogP contribution >= 0.6 is 0 Å². The van der Waals surface area contributed by atoms with Crippen LogP contribution in [0.3, 0.4) is 0 Å². The number of rotatable bonds is 2. The molecule has 2 aliphatic heterocycles. The molecule has 1 aromatic heterocycles. The van der Waals surface area contributed by atoms with Gasteiger partial charge in [-0.1, -0.05) is 6.58 Å². The molecule has 0 radical (unpaired) electrons. The van der Waals surface area contributed by atoms with Crippen LogP contribution in [0.2, 0.25) is 0 Å². The number of allylic oxidation sites excluding steroid dienone is 1. The summed E-state index contributed by atoms with van der Waals surface area (Å²) in [5.41, 5.74) is 9.67. The molecule has 1 saturated heterocycles. The maximum atomic E-state index is 15.6. The highest BCUT2D eigenvalue weighted by atomic mass is 19.1. The van der Waals surface area contributed by atoms with Crippen LogP contribution in [-0.4, -0.2) is 27.7 Å². The number of fused-ring (bicyclic) bond motifs is 1. The van der Waals surface area contributed by atoms with Crippen molar-refractivity contribution in [2.24, 2.45) is 0 Å². The molecule has 29 heavy (non-hydrogen) atoms. The summed E-state index contributed by atoms with van der Waals surface area (Å²) in [6, 6.07) is 3.74. The Balaban J connectivity index is 1.77. The molecule has 0 spiro atoms. The Morgan fingerprint density at radius 3 is 2.62 bits per heavy atom. The van der Waals surface area contributed by atoms with Gasteiger partial charge in [-0.25, -0.2) is 9.37 Å². The van der Waals surface area contributed by atoms with Crippen molar-refractivity contribution < 1.29 is 14.0 Å². The summed E-state index contributed by atoms with van der Waals surface area (Å²) in [5.74, 6) is -0.761. The normalized spacial score (nSPS) is 21.4. The lowest BCUT2D eigenvalue weighted by molar-refractivity contribution is -0.126. The number of carbonyl (C=O) groups is 2. The van der Waals surface area contributed by atoms with Gasteiger partial charge in [-0.2, -0.15) is 0 Å². The van der Waals surface area contributed by atoms with E-state index in [2.05, 4.69) is 16.9 Å². The maximum Gasteiger partial charge on any atom is 0.255 e. The van der Waals surface area contributed by atoms with Gasteiger partial charge in [0.05, 0.1) is 11.7 Å². The van der Waals surface area contributed by atoms with Gasteiger partial charge in [-0.3, -0.25) is 9.59 Å². The summed E-state index contributed by atoms with van der Waals surface area (Å²) in [6.45, 7) is 9.27. The number of amides is 2. The van der Waals surface area contributed by atoms with Crippen molar-refractivity contribution in [1.82, 2.24) is 15.2 Å². The molecule has 3 heterocycles. The van der Waals surface area contributed by atoms with E-state index >= 15 is 4.39 Å². The SMILES string of the molecule is C=C1CCC(N2C(=O)c3ccc(-c4cc(C)c(C)c(N)n4)c(F)c3[C@H]2C)C(=O)N1. The quantitative estimate of drug-likeness (QED) is 0.817. The first-order valence-electron chi connectivity index (χ1n) is 9.58. The van der Waals surface area contributed by atoms with Crippen molar-refractivity contribution in [3.05, 3.63) is 58.5 Å². The molecule has 4 rings (SSSR count). The molecule has 0 bridgehead atoms. The molecule has 150 valence electrons. The minimum Gasteiger partial charge on any atom is -0.383 e. The number of aryl methyl sites for hydroxylation is 1. The summed E-state index contributed by atoms with van der Waals surface area (Å²) in [6.07, 6.45) is 1.06. The average Bonchev–Trinajstić information content (AvgIpc) is 2.91. The van der Waals surface area contributed by atoms with Gasteiger partial charge in [0.15, 0.2) is 0 Å². The first kappa shape index (κ1) is 19.1. The predicted molar refractivity (Wildman–Crippen MR) is 108 cm³/mol. The van der Waals surface area contributed by atoms with Crippen LogP contribution in [0.5, 0.6) is 0 Å². The third kappa shape index (κ3) is 2.88. The van der Waals surface area contributed by atoms with Crippen molar-refractivity contribution in [2.45, 2.75) is 45.7 Å². The number of hydrogen-bond acceptors (Lipinski definition) is 4. The number of nitrogens with zero attached hydrogens (tertiary/aromatic N) is 2. The minimum atomic E-state index is -0.645. The molecule has 3 N–H and O–H groups in total. The Hall–Kier alpha value is -3.22. The first-order valence-corrected chi connectivity index (χ1v) is 9.58. The molecule has 7 heteroatoms. The van der Waals surface area contributed by atoms with Gasteiger partial charge in [0.1, 0.15) is 17.7 Å². The molecule has 2 aliphatic rings. The van der Waals surface area contributed by atoms with Crippen molar-refractivity contribution in [3.8, 4) is 11.3 Å². The topological polar surface area (TPSA) is 88.3 Å². The summed E-state index contributed by atoms with van der Waals surface area (Å²) in [5, 5.41) is 2.70. The highest BCUT2D eigenvalue weighted by Crippen LogP contribution is 2.41. The van der Waals surface area contributed by atoms with E-state index in [0.29, 0.717) is 41.2 Å². The number of carbonyl (C=O) groups excluding carboxylic acids is 2. The Morgan fingerprint density at radius 2 is 1.97 bits per heavy atom. The van der Waals surface area contributed by atoms with E-state index in [-0.39, 0.29) is 17.4 Å². The fourth-order valence-corrected chi connectivity index (χ4v) is 4.18. The number of hydrogen-bond donors (Lipinski definition) is 2. The van der Waals surface area contributed by atoms with Crippen LogP contribution in [0.25, 0.3) is 11.3 Å². The number of piperidine rings is 1. The van der Waals surface area contributed by atoms with Crippen LogP contribution < -0.4 is 11.1 Å². The Bertz CT molecular complexity index is 1060. The van der Waals surface area contributed by atoms with Crippen LogP contribution in [-0.2, 0) is 4.79 Å². The number of nitrogens with two attached hydrogens (primary N) is 1. The van der Waals surface area contributed by atoms with Crippen molar-refractivity contribution >= 4 is 17.6 Å². The zero-order valence-corrected chi connectivity index (χ0v) is 16.7. The first-order chi connectivity index (χ1) is 13.7. The third-order valence-electron chi connectivity index (χ3n) is 5.98. The molecule has 2 aromatic rings. The zero-order valence-electron chi connectivity index (χ0n) is 16.7. The molecule has 1 fully saturated rings. The van der Waals surface area contributed by atoms with Crippen LogP contribution in [0, 0.1) is 19.7 Å². The molecule has 2 amide bonds. The molecule has 0 saturated carbocycles. The molecule has 1 aromatic carbocycles. The number of benzene rings is 1. The van der Waals surface area contributed by atoms with E-state index in [0.717, 1.165) is 11.1 Å². The lowest BCUT2D eigenvalue weighted by Crippen LogP contribution is -2.50. The van der Waals surface area contributed by atoms with Gasteiger partial charge in [-0.15, -0.1) is 0 Å². The van der Waals surface area contributed by atoms with E-state index in [1.807, 2.05) is 13.8 Å². The van der Waals surface area contributed by atoms with E-state index < -0.39 is 17.9 Å². The van der Waals surface area contributed by atoms with Crippen molar-refractivity contribution in [3.63, 3.8) is 0 Å². The molecule has 0 aliphatic carbocycles. The molecular formula is C22H23FN4O2. The fourth-order valence-electron chi connectivity index (χ4n) is 4.18.